The van der Waals surface area contributed by atoms with E-state index in [2.05, 4.69) is 24.5 Å². The highest BCUT2D eigenvalue weighted by Gasteiger charge is 2.08. The van der Waals surface area contributed by atoms with E-state index in [1.54, 1.807) is 0 Å². The molecule has 3 N–H and O–H groups in total. The van der Waals surface area contributed by atoms with Crippen LogP contribution < -0.4 is 20.6 Å². The largest absolute Gasteiger partial charge is 0.550 e. The number of amides is 3. The van der Waals surface area contributed by atoms with Crippen molar-refractivity contribution in [2.75, 3.05) is 26.2 Å². The predicted octanol–water partition coefficient (Wildman–Crippen LogP) is -2.34. The first kappa shape index (κ1) is 17.4. The summed E-state index contributed by atoms with van der Waals surface area (Å²) in [7, 11) is 0. The average molecular weight is 273 g/mol. The summed E-state index contributed by atoms with van der Waals surface area (Å²) in [4.78, 5) is 34.1. The Bertz CT molecular complexity index is 303. The van der Waals surface area contributed by atoms with Gasteiger partial charge in [-0.25, -0.2) is 4.79 Å². The summed E-state index contributed by atoms with van der Waals surface area (Å²) in [5.41, 5.74) is 0. The first-order valence-corrected chi connectivity index (χ1v) is 6.60. The molecule has 7 nitrogen and oxygen atoms in total. The minimum Gasteiger partial charge on any atom is -0.550 e. The van der Waals surface area contributed by atoms with Gasteiger partial charge in [0.2, 0.25) is 5.91 Å². The SMILES string of the molecule is CC[NH+](CC)CCNC(=O)NC(=O)CCCC(=O)[O-]. The number of hydrogen-bond donors (Lipinski definition) is 3. The van der Waals surface area contributed by atoms with Crippen LogP contribution in [0.4, 0.5) is 4.79 Å². The van der Waals surface area contributed by atoms with Gasteiger partial charge < -0.3 is 20.1 Å². The molecule has 0 aromatic rings. The Morgan fingerprint density at radius 1 is 1.11 bits per heavy atom. The maximum atomic E-state index is 11.3. The smallest absolute Gasteiger partial charge is 0.321 e. The molecule has 0 unspecified atom stereocenters. The number of hydrogen-bond acceptors (Lipinski definition) is 4. The molecule has 0 aromatic heterocycles. The summed E-state index contributed by atoms with van der Waals surface area (Å²) in [5.74, 6) is -1.67. The van der Waals surface area contributed by atoms with Gasteiger partial charge in [0.1, 0.15) is 0 Å². The third-order valence-corrected chi connectivity index (χ3v) is 2.80. The van der Waals surface area contributed by atoms with E-state index in [-0.39, 0.29) is 19.3 Å². The Hall–Kier alpha value is -1.63. The fraction of sp³-hybridized carbons (Fsp3) is 0.750. The number of nitrogens with one attached hydrogen (secondary N) is 3. The van der Waals surface area contributed by atoms with E-state index in [1.165, 1.54) is 4.90 Å². The van der Waals surface area contributed by atoms with Gasteiger partial charge in [-0.15, -0.1) is 0 Å². The molecule has 0 aliphatic heterocycles. The summed E-state index contributed by atoms with van der Waals surface area (Å²) in [5, 5.41) is 14.9. The highest BCUT2D eigenvalue weighted by atomic mass is 16.4. The van der Waals surface area contributed by atoms with Crippen LogP contribution in [-0.4, -0.2) is 44.1 Å². The number of likely N-dealkylation sites (N-methyl/N-ethyl adjacent to an activating group) is 1. The number of rotatable bonds is 9. The first-order chi connectivity index (χ1) is 8.99. The van der Waals surface area contributed by atoms with Crippen molar-refractivity contribution < 1.29 is 24.4 Å². The van der Waals surface area contributed by atoms with Crippen LogP contribution >= 0.6 is 0 Å². The van der Waals surface area contributed by atoms with Crippen LogP contribution in [0.1, 0.15) is 33.1 Å². The first-order valence-electron chi connectivity index (χ1n) is 6.60. The molecule has 0 heterocycles. The topological polar surface area (TPSA) is 103 Å². The van der Waals surface area contributed by atoms with Crippen molar-refractivity contribution >= 4 is 17.9 Å². The number of carbonyl (C=O) groups excluding carboxylic acids is 3. The second-order valence-corrected chi connectivity index (χ2v) is 4.24. The third-order valence-electron chi connectivity index (χ3n) is 2.80. The molecule has 0 aromatic carbocycles. The van der Waals surface area contributed by atoms with Gasteiger partial charge in [-0.05, 0) is 26.7 Å². The average Bonchev–Trinajstić information content (AvgIpc) is 2.34. The fourth-order valence-electron chi connectivity index (χ4n) is 1.58. The summed E-state index contributed by atoms with van der Waals surface area (Å²) in [6, 6.07) is -0.537. The van der Waals surface area contributed by atoms with Gasteiger partial charge in [0.15, 0.2) is 0 Å². The monoisotopic (exact) mass is 273 g/mol. The van der Waals surface area contributed by atoms with Gasteiger partial charge in [-0.3, -0.25) is 10.1 Å². The van der Waals surface area contributed by atoms with E-state index in [9.17, 15) is 19.5 Å². The summed E-state index contributed by atoms with van der Waals surface area (Å²) >= 11 is 0. The van der Waals surface area contributed by atoms with Crippen molar-refractivity contribution in [2.45, 2.75) is 33.1 Å². The minimum atomic E-state index is -1.19. The number of carbonyl (C=O) groups is 3. The van der Waals surface area contributed by atoms with E-state index >= 15 is 0 Å². The van der Waals surface area contributed by atoms with E-state index in [4.69, 9.17) is 0 Å². The number of carboxylic acids is 1. The van der Waals surface area contributed by atoms with Gasteiger partial charge in [-0.1, -0.05) is 0 Å². The lowest BCUT2D eigenvalue weighted by molar-refractivity contribution is -0.895. The molecule has 7 heteroatoms. The molecule has 0 aliphatic rings. The molecule has 0 radical (unpaired) electrons. The Balaban J connectivity index is 3.67. The van der Waals surface area contributed by atoms with Crippen molar-refractivity contribution in [3.63, 3.8) is 0 Å². The normalized spacial score (nSPS) is 10.3. The van der Waals surface area contributed by atoms with Crippen LogP contribution in [0.25, 0.3) is 0 Å². The molecule has 0 aliphatic carbocycles. The molecule has 0 atom stereocenters. The Kier molecular flexibility index (Phi) is 9.42. The highest BCUT2D eigenvalue weighted by Crippen LogP contribution is 1.93. The van der Waals surface area contributed by atoms with Crippen LogP contribution in [0, 0.1) is 0 Å². The van der Waals surface area contributed by atoms with Gasteiger partial charge in [0.25, 0.3) is 0 Å². The fourth-order valence-corrected chi connectivity index (χ4v) is 1.58. The minimum absolute atomic E-state index is 0.00267. The molecular weight excluding hydrogens is 250 g/mol. The molecule has 3 amide bonds. The summed E-state index contributed by atoms with van der Waals surface area (Å²) in [6.07, 6.45) is -0.00586. The Morgan fingerprint density at radius 3 is 2.26 bits per heavy atom. The van der Waals surface area contributed by atoms with E-state index in [0.29, 0.717) is 6.54 Å². The van der Waals surface area contributed by atoms with Crippen LogP contribution in [0.15, 0.2) is 0 Å². The third kappa shape index (κ3) is 10.0. The van der Waals surface area contributed by atoms with E-state index < -0.39 is 17.9 Å². The molecule has 0 saturated carbocycles. The number of aliphatic carboxylic acids is 1. The van der Waals surface area contributed by atoms with Gasteiger partial charge in [-0.2, -0.15) is 0 Å². The Labute approximate surface area is 113 Å². The molecule has 110 valence electrons. The second kappa shape index (κ2) is 10.3. The van der Waals surface area contributed by atoms with Gasteiger partial charge in [0, 0.05) is 12.4 Å². The van der Waals surface area contributed by atoms with Crippen molar-refractivity contribution in [3.8, 4) is 0 Å². The van der Waals surface area contributed by atoms with Crippen molar-refractivity contribution in [1.82, 2.24) is 10.6 Å². The van der Waals surface area contributed by atoms with Crippen molar-refractivity contribution in [2.24, 2.45) is 0 Å². The zero-order valence-electron chi connectivity index (χ0n) is 11.6. The van der Waals surface area contributed by atoms with Gasteiger partial charge >= 0.3 is 6.03 Å². The van der Waals surface area contributed by atoms with Gasteiger partial charge in [0.05, 0.1) is 26.2 Å². The number of imide groups is 1. The summed E-state index contributed by atoms with van der Waals surface area (Å²) in [6.45, 7) is 7.41. The van der Waals surface area contributed by atoms with Crippen LogP contribution in [-0.2, 0) is 9.59 Å². The number of quaternary nitrogens is 1. The molecular formula is C12H23N3O4. The van der Waals surface area contributed by atoms with Crippen LogP contribution in [0.2, 0.25) is 0 Å². The molecule has 0 bridgehead atoms. The lowest BCUT2D eigenvalue weighted by atomic mass is 10.2. The molecule has 0 rings (SSSR count). The number of carboxylic acid groups (broad SMARTS) is 1. The number of urea groups is 1. The Morgan fingerprint density at radius 2 is 1.74 bits per heavy atom. The summed E-state index contributed by atoms with van der Waals surface area (Å²) < 4.78 is 0. The highest BCUT2D eigenvalue weighted by molar-refractivity contribution is 5.94. The standard InChI is InChI=1S/C12H23N3O4/c1-3-15(4-2)9-8-13-12(19)14-10(16)6-5-7-11(17)18/h3-9H2,1-2H3,(H,17,18)(H2,13,14,16,19). The molecule has 0 saturated heterocycles. The molecule has 19 heavy (non-hydrogen) atoms. The van der Waals surface area contributed by atoms with Crippen molar-refractivity contribution in [3.05, 3.63) is 0 Å². The van der Waals surface area contributed by atoms with Crippen LogP contribution in [0.3, 0.4) is 0 Å². The van der Waals surface area contributed by atoms with E-state index in [0.717, 1.165) is 19.6 Å². The second-order valence-electron chi connectivity index (χ2n) is 4.24. The molecule has 0 spiro atoms. The quantitative estimate of drug-likeness (QED) is 0.438. The zero-order valence-corrected chi connectivity index (χ0v) is 11.6. The van der Waals surface area contributed by atoms with Crippen molar-refractivity contribution in [1.29, 1.82) is 0 Å². The lowest BCUT2D eigenvalue weighted by Gasteiger charge is -2.15. The maximum absolute atomic E-state index is 11.3. The lowest BCUT2D eigenvalue weighted by Crippen LogP contribution is -3.12. The zero-order chi connectivity index (χ0) is 14.7. The molecule has 0 fully saturated rings. The van der Waals surface area contributed by atoms with Crippen LogP contribution in [0.5, 0.6) is 0 Å². The predicted molar refractivity (Wildman–Crippen MR) is 67.3 cm³/mol. The van der Waals surface area contributed by atoms with E-state index in [1.807, 2.05) is 0 Å². The maximum Gasteiger partial charge on any atom is 0.321 e.